The number of pyridine rings is 1. The van der Waals surface area contributed by atoms with Crippen LogP contribution in [0.3, 0.4) is 0 Å². The highest BCUT2D eigenvalue weighted by Crippen LogP contribution is 2.23. The quantitative estimate of drug-likeness (QED) is 0.823. The standard InChI is InChI=1S/C11H11Cl2N5OS/c1-2-8-15-11(18-17-8)20-5-9(19)16-10-7(13)3-6(12)4-14-10/h3-4H,2,5H2,1H3,(H,14,16,19)(H,15,17,18). The summed E-state index contributed by atoms with van der Waals surface area (Å²) in [5, 5.41) is 10.6. The van der Waals surface area contributed by atoms with Crippen LogP contribution in [0.5, 0.6) is 0 Å². The van der Waals surface area contributed by atoms with E-state index < -0.39 is 0 Å². The number of aromatic amines is 1. The molecule has 0 spiro atoms. The highest BCUT2D eigenvalue weighted by atomic mass is 35.5. The Morgan fingerprint density at radius 2 is 2.30 bits per heavy atom. The monoisotopic (exact) mass is 331 g/mol. The predicted molar refractivity (Wildman–Crippen MR) is 79.4 cm³/mol. The fraction of sp³-hybridized carbons (Fsp3) is 0.273. The smallest absolute Gasteiger partial charge is 0.236 e. The predicted octanol–water partition coefficient (Wildman–Crippen LogP) is 2.80. The average molecular weight is 332 g/mol. The summed E-state index contributed by atoms with van der Waals surface area (Å²) in [4.78, 5) is 19.9. The van der Waals surface area contributed by atoms with Gasteiger partial charge >= 0.3 is 0 Å². The van der Waals surface area contributed by atoms with Crippen molar-refractivity contribution < 1.29 is 4.79 Å². The second-order valence-electron chi connectivity index (χ2n) is 3.74. The van der Waals surface area contributed by atoms with Crippen LogP contribution in [0, 0.1) is 0 Å². The number of aromatic nitrogens is 4. The summed E-state index contributed by atoms with van der Waals surface area (Å²) in [6, 6.07) is 1.52. The van der Waals surface area contributed by atoms with E-state index in [0.29, 0.717) is 15.2 Å². The molecule has 0 bridgehead atoms. The molecule has 0 unspecified atom stereocenters. The summed E-state index contributed by atoms with van der Waals surface area (Å²) in [6.07, 6.45) is 2.18. The summed E-state index contributed by atoms with van der Waals surface area (Å²) < 4.78 is 0. The number of halogens is 2. The van der Waals surface area contributed by atoms with Crippen LogP contribution in [0.15, 0.2) is 17.4 Å². The molecule has 0 aromatic carbocycles. The minimum Gasteiger partial charge on any atom is -0.309 e. The summed E-state index contributed by atoms with van der Waals surface area (Å²) in [5.41, 5.74) is 0. The number of amides is 1. The van der Waals surface area contributed by atoms with Gasteiger partial charge in [0.15, 0.2) is 5.82 Å². The van der Waals surface area contributed by atoms with E-state index in [4.69, 9.17) is 23.2 Å². The van der Waals surface area contributed by atoms with Gasteiger partial charge in [-0.05, 0) is 6.07 Å². The number of carbonyl (C=O) groups is 1. The van der Waals surface area contributed by atoms with Crippen LogP contribution in [0.1, 0.15) is 12.7 Å². The molecule has 0 radical (unpaired) electrons. The van der Waals surface area contributed by atoms with Crippen molar-refractivity contribution in [2.24, 2.45) is 0 Å². The molecule has 0 fully saturated rings. The largest absolute Gasteiger partial charge is 0.309 e. The van der Waals surface area contributed by atoms with E-state index >= 15 is 0 Å². The first-order chi connectivity index (χ1) is 9.58. The number of H-pyrrole nitrogens is 1. The van der Waals surface area contributed by atoms with Crippen molar-refractivity contribution in [3.63, 3.8) is 0 Å². The molecule has 0 atom stereocenters. The zero-order chi connectivity index (χ0) is 14.5. The lowest BCUT2D eigenvalue weighted by Gasteiger charge is -2.05. The number of thioether (sulfide) groups is 1. The minimum atomic E-state index is -0.241. The number of nitrogens with zero attached hydrogens (tertiary/aromatic N) is 3. The molecule has 20 heavy (non-hydrogen) atoms. The second kappa shape index (κ2) is 6.92. The van der Waals surface area contributed by atoms with E-state index in [1.807, 2.05) is 6.92 Å². The maximum Gasteiger partial charge on any atom is 0.236 e. The van der Waals surface area contributed by atoms with Gasteiger partial charge in [0, 0.05) is 12.6 Å². The van der Waals surface area contributed by atoms with Crippen LogP contribution in [-0.2, 0) is 11.2 Å². The highest BCUT2D eigenvalue weighted by Gasteiger charge is 2.10. The topological polar surface area (TPSA) is 83.6 Å². The first kappa shape index (κ1) is 15.1. The summed E-state index contributed by atoms with van der Waals surface area (Å²) in [6.45, 7) is 1.97. The second-order valence-corrected chi connectivity index (χ2v) is 5.53. The van der Waals surface area contributed by atoms with Crippen molar-refractivity contribution in [1.29, 1.82) is 0 Å². The highest BCUT2D eigenvalue weighted by molar-refractivity contribution is 7.99. The molecule has 0 saturated heterocycles. The van der Waals surface area contributed by atoms with E-state index in [-0.39, 0.29) is 17.5 Å². The Morgan fingerprint density at radius 1 is 1.50 bits per heavy atom. The summed E-state index contributed by atoms with van der Waals surface area (Å²) >= 11 is 12.9. The molecule has 0 aliphatic rings. The molecule has 2 aromatic rings. The van der Waals surface area contributed by atoms with Gasteiger partial charge in [0.2, 0.25) is 11.1 Å². The van der Waals surface area contributed by atoms with Crippen LogP contribution in [0.2, 0.25) is 10.0 Å². The van der Waals surface area contributed by atoms with Gasteiger partial charge in [0.05, 0.1) is 15.8 Å². The summed E-state index contributed by atoms with van der Waals surface area (Å²) in [7, 11) is 0. The first-order valence-corrected chi connectivity index (χ1v) is 7.47. The van der Waals surface area contributed by atoms with E-state index in [9.17, 15) is 4.79 Å². The molecular formula is C11H11Cl2N5OS. The Hall–Kier alpha value is -1.31. The molecule has 2 heterocycles. The van der Waals surface area contributed by atoms with Gasteiger partial charge in [-0.2, -0.15) is 0 Å². The SMILES string of the molecule is CCc1nc(SCC(=O)Nc2ncc(Cl)cc2Cl)n[nH]1. The zero-order valence-corrected chi connectivity index (χ0v) is 12.8. The van der Waals surface area contributed by atoms with Gasteiger partial charge in [-0.1, -0.05) is 41.9 Å². The molecule has 0 aliphatic heterocycles. The first-order valence-electron chi connectivity index (χ1n) is 5.73. The minimum absolute atomic E-state index is 0.168. The fourth-order valence-electron chi connectivity index (χ4n) is 1.31. The van der Waals surface area contributed by atoms with Crippen LogP contribution >= 0.6 is 35.0 Å². The summed E-state index contributed by atoms with van der Waals surface area (Å²) in [5.74, 6) is 0.998. The number of anilines is 1. The Bertz CT molecular complexity index is 619. The molecule has 1 amide bonds. The van der Waals surface area contributed by atoms with E-state index in [0.717, 1.165) is 12.2 Å². The van der Waals surface area contributed by atoms with Crippen molar-refractivity contribution in [3.05, 3.63) is 28.1 Å². The van der Waals surface area contributed by atoms with Crippen molar-refractivity contribution in [3.8, 4) is 0 Å². The number of hydrogen-bond acceptors (Lipinski definition) is 5. The molecular weight excluding hydrogens is 321 g/mol. The van der Waals surface area contributed by atoms with Crippen LogP contribution in [-0.4, -0.2) is 31.8 Å². The van der Waals surface area contributed by atoms with Crippen LogP contribution in [0.4, 0.5) is 5.82 Å². The fourth-order valence-corrected chi connectivity index (χ4v) is 2.35. The van der Waals surface area contributed by atoms with Crippen molar-refractivity contribution in [2.75, 3.05) is 11.1 Å². The molecule has 6 nitrogen and oxygen atoms in total. The number of carbonyl (C=O) groups excluding carboxylic acids is 1. The van der Waals surface area contributed by atoms with Gasteiger partial charge in [-0.25, -0.2) is 9.97 Å². The normalized spacial score (nSPS) is 10.6. The Labute approximate surface area is 129 Å². The third-order valence-corrected chi connectivity index (χ3v) is 3.59. The van der Waals surface area contributed by atoms with Gasteiger partial charge in [0.1, 0.15) is 5.82 Å². The van der Waals surface area contributed by atoms with Gasteiger partial charge in [0.25, 0.3) is 0 Å². The van der Waals surface area contributed by atoms with Gasteiger partial charge in [-0.3, -0.25) is 9.89 Å². The van der Waals surface area contributed by atoms with Crippen LogP contribution < -0.4 is 5.32 Å². The maximum absolute atomic E-state index is 11.8. The Balaban J connectivity index is 1.89. The van der Waals surface area contributed by atoms with Crippen molar-refractivity contribution in [2.45, 2.75) is 18.5 Å². The zero-order valence-electron chi connectivity index (χ0n) is 10.5. The lowest BCUT2D eigenvalue weighted by Crippen LogP contribution is -2.15. The molecule has 2 aromatic heterocycles. The lowest BCUT2D eigenvalue weighted by molar-refractivity contribution is -0.113. The number of rotatable bonds is 5. The number of nitrogens with one attached hydrogen (secondary N) is 2. The third kappa shape index (κ3) is 4.09. The maximum atomic E-state index is 11.8. The number of aryl methyl sites for hydroxylation is 1. The average Bonchev–Trinajstić information content (AvgIpc) is 2.88. The van der Waals surface area contributed by atoms with Crippen molar-refractivity contribution in [1.82, 2.24) is 20.2 Å². The molecule has 9 heteroatoms. The van der Waals surface area contributed by atoms with Crippen LogP contribution in [0.25, 0.3) is 0 Å². The third-order valence-electron chi connectivity index (χ3n) is 2.24. The lowest BCUT2D eigenvalue weighted by atomic mass is 10.4. The molecule has 0 aliphatic carbocycles. The Kier molecular flexibility index (Phi) is 5.22. The molecule has 2 N–H and O–H groups in total. The number of hydrogen-bond donors (Lipinski definition) is 2. The molecule has 0 saturated carbocycles. The van der Waals surface area contributed by atoms with Gasteiger partial charge in [-0.15, -0.1) is 5.10 Å². The molecule has 106 valence electrons. The van der Waals surface area contributed by atoms with E-state index in [1.54, 1.807) is 0 Å². The van der Waals surface area contributed by atoms with Gasteiger partial charge < -0.3 is 5.32 Å². The molecule has 2 rings (SSSR count). The van der Waals surface area contributed by atoms with E-state index in [2.05, 4.69) is 25.5 Å². The Morgan fingerprint density at radius 3 is 2.95 bits per heavy atom. The van der Waals surface area contributed by atoms with Crippen molar-refractivity contribution >= 4 is 46.7 Å². The van der Waals surface area contributed by atoms with E-state index in [1.165, 1.54) is 24.0 Å².